The molecule has 0 bridgehead atoms. The number of benzene rings is 3. The van der Waals surface area contributed by atoms with Gasteiger partial charge < -0.3 is 5.11 Å². The lowest BCUT2D eigenvalue weighted by atomic mass is 9.69. The third-order valence-electron chi connectivity index (χ3n) is 6.69. The summed E-state index contributed by atoms with van der Waals surface area (Å²) < 4.78 is 0. The van der Waals surface area contributed by atoms with Gasteiger partial charge in [0.1, 0.15) is 0 Å². The van der Waals surface area contributed by atoms with Crippen molar-refractivity contribution < 1.29 is 19.5 Å². The Labute approximate surface area is 192 Å². The van der Waals surface area contributed by atoms with Crippen molar-refractivity contribution in [3.8, 4) is 0 Å². The summed E-state index contributed by atoms with van der Waals surface area (Å²) in [4.78, 5) is 40.3. The van der Waals surface area contributed by atoms with Gasteiger partial charge in [-0.15, -0.1) is 0 Å². The predicted molar refractivity (Wildman–Crippen MR) is 127 cm³/mol. The van der Waals surface area contributed by atoms with Crippen LogP contribution in [0.3, 0.4) is 0 Å². The molecule has 2 aliphatic rings. The molecule has 33 heavy (non-hydrogen) atoms. The number of fused-ring (bicyclic) bond motifs is 1. The monoisotopic (exact) mass is 439 g/mol. The number of aromatic carboxylic acids is 1. The Bertz CT molecular complexity index is 1350. The van der Waals surface area contributed by atoms with Crippen molar-refractivity contribution in [3.05, 3.63) is 89.1 Å². The number of amides is 1. The van der Waals surface area contributed by atoms with Gasteiger partial charge in [-0.05, 0) is 46.4 Å². The first kappa shape index (κ1) is 21.1. The van der Waals surface area contributed by atoms with Crippen molar-refractivity contribution in [2.45, 2.75) is 39.0 Å². The van der Waals surface area contributed by atoms with E-state index >= 15 is 0 Å². The van der Waals surface area contributed by atoms with E-state index in [9.17, 15) is 19.5 Å². The molecule has 0 aromatic heterocycles. The molecule has 5 nitrogen and oxygen atoms in total. The lowest BCUT2D eigenvalue weighted by Crippen LogP contribution is -2.43. The third-order valence-corrected chi connectivity index (χ3v) is 6.69. The van der Waals surface area contributed by atoms with E-state index in [-0.39, 0.29) is 35.0 Å². The molecule has 3 aromatic rings. The minimum absolute atomic E-state index is 0.0612. The van der Waals surface area contributed by atoms with Crippen LogP contribution in [0.4, 0.5) is 5.69 Å². The maximum absolute atomic E-state index is 13.6. The van der Waals surface area contributed by atoms with Gasteiger partial charge in [0.05, 0.1) is 5.56 Å². The van der Waals surface area contributed by atoms with E-state index in [4.69, 9.17) is 0 Å². The number of carbonyl (C=O) groups excluding carboxylic acids is 2. The Morgan fingerprint density at radius 2 is 1.70 bits per heavy atom. The lowest BCUT2D eigenvalue weighted by molar-refractivity contribution is -0.121. The second-order valence-electron chi connectivity index (χ2n) is 9.71. The van der Waals surface area contributed by atoms with Crippen LogP contribution in [-0.4, -0.2) is 22.8 Å². The summed E-state index contributed by atoms with van der Waals surface area (Å²) in [5, 5.41) is 11.6. The molecule has 1 atom stereocenters. The van der Waals surface area contributed by atoms with Gasteiger partial charge in [0.15, 0.2) is 5.78 Å². The number of carbonyl (C=O) groups is 3. The molecular formula is C28H25NO4. The molecule has 5 heteroatoms. The summed E-state index contributed by atoms with van der Waals surface area (Å²) >= 11 is 0. The lowest BCUT2D eigenvalue weighted by Gasteiger charge is -2.43. The maximum Gasteiger partial charge on any atom is 0.335 e. The summed E-state index contributed by atoms with van der Waals surface area (Å²) in [6.07, 6.45) is 1.15. The number of nitrogens with zero attached hydrogens (tertiary/aromatic N) is 1. The molecule has 1 aliphatic heterocycles. The zero-order valence-electron chi connectivity index (χ0n) is 18.7. The molecule has 1 unspecified atom stereocenters. The van der Waals surface area contributed by atoms with Crippen molar-refractivity contribution in [3.63, 3.8) is 0 Å². The highest BCUT2D eigenvalue weighted by atomic mass is 16.4. The Morgan fingerprint density at radius 1 is 0.970 bits per heavy atom. The molecule has 5 rings (SSSR count). The quantitative estimate of drug-likeness (QED) is 0.568. The van der Waals surface area contributed by atoms with Gasteiger partial charge >= 0.3 is 5.97 Å². The van der Waals surface area contributed by atoms with Crippen molar-refractivity contribution in [2.75, 3.05) is 4.90 Å². The number of carboxylic acid groups (broad SMARTS) is 1. The van der Waals surface area contributed by atoms with Crippen molar-refractivity contribution in [2.24, 2.45) is 5.41 Å². The van der Waals surface area contributed by atoms with Crippen LogP contribution in [0.1, 0.15) is 54.9 Å². The van der Waals surface area contributed by atoms with E-state index in [1.165, 1.54) is 12.1 Å². The summed E-state index contributed by atoms with van der Waals surface area (Å²) in [6.45, 7) is 4.07. The fourth-order valence-electron chi connectivity index (χ4n) is 5.31. The highest BCUT2D eigenvalue weighted by Gasteiger charge is 2.44. The van der Waals surface area contributed by atoms with E-state index in [1.807, 2.05) is 56.3 Å². The number of anilines is 1. The number of hydrogen-bond donors (Lipinski definition) is 1. The van der Waals surface area contributed by atoms with Gasteiger partial charge in [0, 0.05) is 35.7 Å². The number of Topliss-reactive ketones (excluding diaryl/α,β-unsaturated/α-hetero) is 1. The number of ketones is 1. The Kier molecular flexibility index (Phi) is 4.93. The van der Waals surface area contributed by atoms with Gasteiger partial charge in [-0.3, -0.25) is 14.5 Å². The number of hydrogen-bond acceptors (Lipinski definition) is 3. The second kappa shape index (κ2) is 7.69. The number of allylic oxidation sites excluding steroid dienone is 2. The van der Waals surface area contributed by atoms with E-state index in [2.05, 4.69) is 0 Å². The maximum atomic E-state index is 13.6. The second-order valence-corrected chi connectivity index (χ2v) is 9.71. The van der Waals surface area contributed by atoms with Gasteiger partial charge in [-0.2, -0.15) is 0 Å². The molecule has 3 aromatic carbocycles. The molecule has 0 saturated carbocycles. The third kappa shape index (κ3) is 3.63. The fraction of sp³-hybridized carbons (Fsp3) is 0.250. The average Bonchev–Trinajstić information content (AvgIpc) is 2.77. The van der Waals surface area contributed by atoms with Crippen molar-refractivity contribution in [1.82, 2.24) is 0 Å². The molecule has 1 amide bonds. The summed E-state index contributed by atoms with van der Waals surface area (Å²) in [5.74, 6) is -1.43. The molecule has 0 spiro atoms. The number of rotatable bonds is 3. The molecule has 166 valence electrons. The Balaban J connectivity index is 1.73. The Hall–Kier alpha value is -3.73. The fourth-order valence-corrected chi connectivity index (χ4v) is 5.31. The van der Waals surface area contributed by atoms with Crippen LogP contribution < -0.4 is 4.90 Å². The highest BCUT2D eigenvalue weighted by Crippen LogP contribution is 2.49. The summed E-state index contributed by atoms with van der Waals surface area (Å²) in [6, 6.07) is 20.4. The normalized spacial score (nSPS) is 20.2. The van der Waals surface area contributed by atoms with Crippen LogP contribution in [0.15, 0.2) is 78.0 Å². The first-order valence-electron chi connectivity index (χ1n) is 11.2. The first-order valence-corrected chi connectivity index (χ1v) is 11.2. The van der Waals surface area contributed by atoms with Crippen LogP contribution >= 0.6 is 0 Å². The van der Waals surface area contributed by atoms with Gasteiger partial charge in [0.2, 0.25) is 5.91 Å². The molecule has 1 aliphatic carbocycles. The largest absolute Gasteiger partial charge is 0.478 e. The summed E-state index contributed by atoms with van der Waals surface area (Å²) in [7, 11) is 0. The van der Waals surface area contributed by atoms with Crippen LogP contribution in [0.2, 0.25) is 0 Å². The topological polar surface area (TPSA) is 74.7 Å². The van der Waals surface area contributed by atoms with Crippen LogP contribution in [0.5, 0.6) is 0 Å². The Morgan fingerprint density at radius 3 is 2.48 bits per heavy atom. The molecule has 0 saturated heterocycles. The first-order chi connectivity index (χ1) is 15.7. The zero-order valence-corrected chi connectivity index (χ0v) is 18.7. The zero-order chi connectivity index (χ0) is 23.3. The molecule has 0 fully saturated rings. The van der Waals surface area contributed by atoms with Crippen molar-refractivity contribution in [1.29, 1.82) is 0 Å². The molecule has 0 radical (unpaired) electrons. The molecular weight excluding hydrogens is 414 g/mol. The van der Waals surface area contributed by atoms with Crippen molar-refractivity contribution >= 4 is 34.1 Å². The van der Waals surface area contributed by atoms with E-state index in [0.717, 1.165) is 16.3 Å². The molecule has 1 heterocycles. The van der Waals surface area contributed by atoms with Crippen LogP contribution in [0, 0.1) is 5.41 Å². The standard InChI is InChI=1S/C28H25NO4/c1-28(2)15-23-26(24(30)16-28)22(21-12-6-8-17-7-3-4-11-20(17)21)14-25(31)29(23)19-10-5-9-18(13-19)27(32)33/h3-13,22H,14-16H2,1-2H3,(H,32,33). The minimum atomic E-state index is -1.05. The smallest absolute Gasteiger partial charge is 0.335 e. The van der Waals surface area contributed by atoms with E-state index < -0.39 is 5.97 Å². The van der Waals surface area contributed by atoms with Crippen LogP contribution in [0.25, 0.3) is 10.8 Å². The predicted octanol–water partition coefficient (Wildman–Crippen LogP) is 5.70. The highest BCUT2D eigenvalue weighted by molar-refractivity contribution is 6.09. The SMILES string of the molecule is CC1(C)CC(=O)C2=C(C1)N(c1cccc(C(=O)O)c1)C(=O)CC2c1cccc2ccccc12. The van der Waals surface area contributed by atoms with Gasteiger partial charge in [0.25, 0.3) is 0 Å². The minimum Gasteiger partial charge on any atom is -0.478 e. The van der Waals surface area contributed by atoms with E-state index in [0.29, 0.717) is 29.8 Å². The van der Waals surface area contributed by atoms with Gasteiger partial charge in [-0.25, -0.2) is 4.79 Å². The van der Waals surface area contributed by atoms with Gasteiger partial charge in [-0.1, -0.05) is 62.4 Å². The average molecular weight is 440 g/mol. The number of carboxylic acids is 1. The van der Waals surface area contributed by atoms with Crippen LogP contribution in [-0.2, 0) is 9.59 Å². The summed E-state index contributed by atoms with van der Waals surface area (Å²) in [5.41, 5.74) is 2.69. The molecule has 1 N–H and O–H groups in total. The van der Waals surface area contributed by atoms with E-state index in [1.54, 1.807) is 17.0 Å².